The largest absolute Gasteiger partial charge is 0.316 e. The third-order valence-corrected chi connectivity index (χ3v) is 2.99. The number of nitrogens with one attached hydrogen (secondary N) is 1. The molecular weight excluding hydrogens is 320 g/mol. The Bertz CT molecular complexity index is 684. The predicted octanol–water partition coefficient (Wildman–Crippen LogP) is 2.60. The number of benzene rings is 1. The maximum absolute atomic E-state index is 11.1. The van der Waals surface area contributed by atoms with Crippen molar-refractivity contribution in [2.45, 2.75) is 6.42 Å². The first kappa shape index (κ1) is 14.0. The van der Waals surface area contributed by atoms with Gasteiger partial charge in [-0.25, -0.2) is 5.43 Å². The van der Waals surface area contributed by atoms with Crippen LogP contribution < -0.4 is 5.43 Å². The van der Waals surface area contributed by atoms with Gasteiger partial charge in [-0.15, -0.1) is 0 Å². The summed E-state index contributed by atoms with van der Waals surface area (Å²) in [5.41, 5.74) is 4.10. The third-order valence-electron chi connectivity index (χ3n) is 2.49. The van der Waals surface area contributed by atoms with E-state index in [2.05, 4.69) is 26.5 Å². The van der Waals surface area contributed by atoms with Crippen molar-refractivity contribution in [3.8, 4) is 11.8 Å². The van der Waals surface area contributed by atoms with E-state index in [0.29, 0.717) is 0 Å². The maximum atomic E-state index is 11.1. The van der Waals surface area contributed by atoms with Crippen molar-refractivity contribution in [3.05, 3.63) is 52.8 Å². The number of hydrazone groups is 1. The van der Waals surface area contributed by atoms with Crippen molar-refractivity contribution in [1.29, 1.82) is 5.26 Å². The molecule has 5 nitrogen and oxygen atoms in total. The van der Waals surface area contributed by atoms with Crippen LogP contribution in [0.25, 0.3) is 5.69 Å². The summed E-state index contributed by atoms with van der Waals surface area (Å²) in [6, 6.07) is 13.4. The molecule has 1 aromatic heterocycles. The zero-order valence-electron chi connectivity index (χ0n) is 10.5. The van der Waals surface area contributed by atoms with Crippen molar-refractivity contribution in [1.82, 2.24) is 9.99 Å². The summed E-state index contributed by atoms with van der Waals surface area (Å²) >= 11 is 3.43. The van der Waals surface area contributed by atoms with E-state index >= 15 is 0 Å². The normalized spacial score (nSPS) is 10.4. The molecule has 20 heavy (non-hydrogen) atoms. The van der Waals surface area contributed by atoms with Gasteiger partial charge in [0.2, 0.25) is 0 Å². The van der Waals surface area contributed by atoms with Crippen molar-refractivity contribution in [3.63, 3.8) is 0 Å². The molecule has 0 saturated heterocycles. The molecule has 0 atom stereocenters. The second-order valence-corrected chi connectivity index (χ2v) is 4.83. The molecule has 0 bridgehead atoms. The van der Waals surface area contributed by atoms with Crippen LogP contribution in [0.5, 0.6) is 0 Å². The van der Waals surface area contributed by atoms with Crippen LogP contribution >= 0.6 is 15.9 Å². The minimum Gasteiger partial charge on any atom is -0.316 e. The molecule has 2 rings (SSSR count). The summed E-state index contributed by atoms with van der Waals surface area (Å²) in [6.07, 6.45) is 3.24. The Morgan fingerprint density at radius 2 is 2.30 bits per heavy atom. The minimum atomic E-state index is -0.427. The predicted molar refractivity (Wildman–Crippen MR) is 79.4 cm³/mol. The fraction of sp³-hybridized carbons (Fsp3) is 0.0714. The highest BCUT2D eigenvalue weighted by Gasteiger charge is 2.02. The highest BCUT2D eigenvalue weighted by Crippen LogP contribution is 2.17. The number of aromatic nitrogens is 1. The van der Waals surface area contributed by atoms with E-state index in [-0.39, 0.29) is 6.42 Å². The molecule has 1 heterocycles. The standard InChI is InChI=1S/C14H11BrN4O/c15-11-3-1-4-12(9-11)19-8-2-5-13(19)10-17-18-14(20)6-7-16/h1-5,8-10H,6H2,(H,18,20)/b17-10-. The summed E-state index contributed by atoms with van der Waals surface area (Å²) in [7, 11) is 0. The number of hydrogen-bond donors (Lipinski definition) is 1. The van der Waals surface area contributed by atoms with Crippen LogP contribution in [0.3, 0.4) is 0 Å². The van der Waals surface area contributed by atoms with Gasteiger partial charge in [-0.1, -0.05) is 22.0 Å². The second-order valence-electron chi connectivity index (χ2n) is 3.91. The molecule has 0 saturated carbocycles. The zero-order valence-corrected chi connectivity index (χ0v) is 12.0. The Morgan fingerprint density at radius 1 is 1.45 bits per heavy atom. The van der Waals surface area contributed by atoms with Gasteiger partial charge in [0.25, 0.3) is 5.91 Å². The average molecular weight is 331 g/mol. The number of nitriles is 1. The van der Waals surface area contributed by atoms with Crippen molar-refractivity contribution in [2.75, 3.05) is 0 Å². The van der Waals surface area contributed by atoms with Gasteiger partial charge in [-0.05, 0) is 30.3 Å². The Hall–Kier alpha value is -2.39. The smallest absolute Gasteiger partial charge is 0.254 e. The summed E-state index contributed by atoms with van der Waals surface area (Å²) in [5.74, 6) is -0.427. The number of halogens is 1. The molecule has 0 aliphatic heterocycles. The Balaban J connectivity index is 2.15. The van der Waals surface area contributed by atoms with Crippen molar-refractivity contribution >= 4 is 28.1 Å². The summed E-state index contributed by atoms with van der Waals surface area (Å²) < 4.78 is 2.92. The lowest BCUT2D eigenvalue weighted by molar-refractivity contribution is -0.120. The van der Waals surface area contributed by atoms with E-state index in [1.165, 1.54) is 6.21 Å². The highest BCUT2D eigenvalue weighted by atomic mass is 79.9. The fourth-order valence-electron chi connectivity index (χ4n) is 1.64. The van der Waals surface area contributed by atoms with E-state index in [1.54, 1.807) is 6.07 Å². The van der Waals surface area contributed by atoms with E-state index in [9.17, 15) is 4.79 Å². The maximum Gasteiger partial charge on any atom is 0.254 e. The first-order valence-corrected chi connectivity index (χ1v) is 6.62. The lowest BCUT2D eigenvalue weighted by Gasteiger charge is -2.06. The average Bonchev–Trinajstić information content (AvgIpc) is 2.87. The molecule has 1 N–H and O–H groups in total. The van der Waals surface area contributed by atoms with Crippen LogP contribution in [0, 0.1) is 11.3 Å². The first-order valence-electron chi connectivity index (χ1n) is 5.83. The van der Waals surface area contributed by atoms with Crippen LogP contribution in [0.15, 0.2) is 52.2 Å². The van der Waals surface area contributed by atoms with Crippen LogP contribution in [-0.2, 0) is 4.79 Å². The van der Waals surface area contributed by atoms with E-state index in [1.807, 2.05) is 47.2 Å². The lowest BCUT2D eigenvalue weighted by Crippen LogP contribution is -2.16. The highest BCUT2D eigenvalue weighted by molar-refractivity contribution is 9.10. The molecule has 0 aliphatic rings. The van der Waals surface area contributed by atoms with Gasteiger partial charge < -0.3 is 4.57 Å². The van der Waals surface area contributed by atoms with Gasteiger partial charge in [0.05, 0.1) is 18.0 Å². The van der Waals surface area contributed by atoms with E-state index in [4.69, 9.17) is 5.26 Å². The molecule has 0 unspecified atom stereocenters. The molecular formula is C14H11BrN4O. The second kappa shape index (κ2) is 6.68. The van der Waals surface area contributed by atoms with Gasteiger partial charge in [0.1, 0.15) is 6.42 Å². The number of carbonyl (C=O) groups is 1. The SMILES string of the molecule is N#CCC(=O)N/N=C\c1cccn1-c1cccc(Br)c1. The zero-order chi connectivity index (χ0) is 14.4. The van der Waals surface area contributed by atoms with Crippen molar-refractivity contribution < 1.29 is 4.79 Å². The van der Waals surface area contributed by atoms with Crippen LogP contribution in [-0.4, -0.2) is 16.7 Å². The molecule has 1 amide bonds. The summed E-state index contributed by atoms with van der Waals surface area (Å²) in [6.45, 7) is 0. The Morgan fingerprint density at radius 3 is 3.05 bits per heavy atom. The lowest BCUT2D eigenvalue weighted by atomic mass is 10.3. The Labute approximate surface area is 124 Å². The monoisotopic (exact) mass is 330 g/mol. The van der Waals surface area contributed by atoms with Gasteiger partial charge >= 0.3 is 0 Å². The van der Waals surface area contributed by atoms with Gasteiger partial charge in [-0.2, -0.15) is 10.4 Å². The fourth-order valence-corrected chi connectivity index (χ4v) is 2.03. The van der Waals surface area contributed by atoms with Gasteiger partial charge in [0.15, 0.2) is 0 Å². The van der Waals surface area contributed by atoms with Crippen molar-refractivity contribution in [2.24, 2.45) is 5.10 Å². The molecule has 0 fully saturated rings. The number of amides is 1. The number of rotatable bonds is 4. The molecule has 1 aromatic carbocycles. The Kier molecular flexibility index (Phi) is 4.69. The third kappa shape index (κ3) is 3.56. The van der Waals surface area contributed by atoms with E-state index in [0.717, 1.165) is 15.9 Å². The number of hydrogen-bond acceptors (Lipinski definition) is 3. The molecule has 0 spiro atoms. The van der Waals surface area contributed by atoms with Crippen LogP contribution in [0.4, 0.5) is 0 Å². The molecule has 2 aromatic rings. The van der Waals surface area contributed by atoms with Crippen LogP contribution in [0.1, 0.15) is 12.1 Å². The van der Waals surface area contributed by atoms with Gasteiger partial charge in [-0.3, -0.25) is 4.79 Å². The molecule has 0 radical (unpaired) electrons. The quantitative estimate of drug-likeness (QED) is 0.691. The molecule has 0 aliphatic carbocycles. The van der Waals surface area contributed by atoms with Crippen LogP contribution in [0.2, 0.25) is 0 Å². The van der Waals surface area contributed by atoms with Gasteiger partial charge in [0, 0.05) is 16.4 Å². The molecule has 6 heteroatoms. The number of nitrogens with zero attached hydrogens (tertiary/aromatic N) is 3. The summed E-state index contributed by atoms with van der Waals surface area (Å²) in [5, 5.41) is 12.2. The number of carbonyl (C=O) groups excluding carboxylic acids is 1. The summed E-state index contributed by atoms with van der Waals surface area (Å²) in [4.78, 5) is 11.1. The molecule has 100 valence electrons. The topological polar surface area (TPSA) is 70.2 Å². The van der Waals surface area contributed by atoms with E-state index < -0.39 is 5.91 Å². The minimum absolute atomic E-state index is 0.204. The first-order chi connectivity index (χ1) is 9.70.